The van der Waals surface area contributed by atoms with Gasteiger partial charge in [0.1, 0.15) is 0 Å². The number of hydrogen-bond acceptors (Lipinski definition) is 3. The number of para-hydroxylation sites is 1. The highest BCUT2D eigenvalue weighted by molar-refractivity contribution is 5.46. The Hall–Kier alpha value is -2.95. The van der Waals surface area contributed by atoms with Gasteiger partial charge in [0, 0.05) is 0 Å². The lowest BCUT2D eigenvalue weighted by Gasteiger charge is -1.99. The summed E-state index contributed by atoms with van der Waals surface area (Å²) in [6, 6.07) is 15.4. The molecule has 0 amide bonds. The van der Waals surface area contributed by atoms with Gasteiger partial charge < -0.3 is 0 Å². The Morgan fingerprint density at radius 1 is 0.913 bits per heavy atom. The summed E-state index contributed by atoms with van der Waals surface area (Å²) in [6.45, 7) is 5.84. The van der Waals surface area contributed by atoms with E-state index >= 15 is 0 Å². The van der Waals surface area contributed by atoms with Crippen molar-refractivity contribution in [2.75, 3.05) is 0 Å². The van der Waals surface area contributed by atoms with Gasteiger partial charge in [-0.1, -0.05) is 24.3 Å². The molecule has 5 heteroatoms. The summed E-state index contributed by atoms with van der Waals surface area (Å²) in [6.07, 6.45) is 0. The number of benzene rings is 2. The summed E-state index contributed by atoms with van der Waals surface area (Å²) in [5, 5.41) is 11.4. The van der Waals surface area contributed by atoms with E-state index in [1.165, 1.54) is 4.68 Å². The number of azo groups is 1. The van der Waals surface area contributed by atoms with Crippen LogP contribution in [0.2, 0.25) is 0 Å². The number of hydrogen-bond donors (Lipinski definition) is 1. The van der Waals surface area contributed by atoms with E-state index in [-0.39, 0.29) is 5.56 Å². The average Bonchev–Trinajstić information content (AvgIpc) is 2.80. The molecule has 23 heavy (non-hydrogen) atoms. The van der Waals surface area contributed by atoms with E-state index in [0.29, 0.717) is 11.4 Å². The van der Waals surface area contributed by atoms with Crippen molar-refractivity contribution in [1.82, 2.24) is 9.78 Å². The van der Waals surface area contributed by atoms with Gasteiger partial charge in [0.05, 0.1) is 17.1 Å². The molecule has 1 heterocycles. The number of H-pyrrole nitrogens is 1. The highest BCUT2D eigenvalue weighted by Crippen LogP contribution is 2.21. The Bertz CT molecular complexity index is 900. The van der Waals surface area contributed by atoms with Crippen LogP contribution < -0.4 is 5.56 Å². The molecule has 1 aromatic heterocycles. The molecule has 0 bridgehead atoms. The summed E-state index contributed by atoms with van der Waals surface area (Å²) >= 11 is 0. The number of rotatable bonds is 3. The largest absolute Gasteiger partial charge is 0.299 e. The molecule has 0 atom stereocenters. The normalized spacial score (nSPS) is 11.3. The van der Waals surface area contributed by atoms with Gasteiger partial charge >= 0.3 is 0 Å². The maximum atomic E-state index is 12.5. The van der Waals surface area contributed by atoms with Crippen LogP contribution in [0.5, 0.6) is 0 Å². The average molecular weight is 306 g/mol. The summed E-state index contributed by atoms with van der Waals surface area (Å²) in [5.74, 6) is 0. The molecule has 0 spiro atoms. The van der Waals surface area contributed by atoms with Gasteiger partial charge in [0.15, 0.2) is 5.69 Å². The topological polar surface area (TPSA) is 62.5 Å². The monoisotopic (exact) mass is 306 g/mol. The van der Waals surface area contributed by atoms with Crippen LogP contribution in [0.3, 0.4) is 0 Å². The Morgan fingerprint density at radius 2 is 1.57 bits per heavy atom. The molecule has 0 aliphatic rings. The molecule has 0 saturated carbocycles. The van der Waals surface area contributed by atoms with Gasteiger partial charge in [-0.15, -0.1) is 5.11 Å². The summed E-state index contributed by atoms with van der Waals surface area (Å²) in [5.41, 5.74) is 4.56. The van der Waals surface area contributed by atoms with Crippen LogP contribution in [-0.4, -0.2) is 9.78 Å². The first-order valence-electron chi connectivity index (χ1n) is 7.41. The van der Waals surface area contributed by atoms with Crippen molar-refractivity contribution in [3.05, 3.63) is 75.7 Å². The minimum atomic E-state index is -0.207. The third-order valence-corrected chi connectivity index (χ3v) is 3.53. The molecule has 0 fully saturated rings. The van der Waals surface area contributed by atoms with Gasteiger partial charge in [-0.3, -0.25) is 9.89 Å². The van der Waals surface area contributed by atoms with Crippen LogP contribution in [0.15, 0.2) is 63.6 Å². The second-order valence-electron chi connectivity index (χ2n) is 5.61. The zero-order valence-electron chi connectivity index (χ0n) is 13.4. The number of aryl methyl sites for hydroxylation is 3. The fraction of sp³-hybridized carbons (Fsp3) is 0.167. The molecular formula is C18H18N4O. The van der Waals surface area contributed by atoms with Gasteiger partial charge in [0.25, 0.3) is 5.56 Å². The quantitative estimate of drug-likeness (QED) is 0.711. The molecule has 0 unspecified atom stereocenters. The van der Waals surface area contributed by atoms with Gasteiger partial charge in [-0.05, 0) is 56.2 Å². The first-order valence-corrected chi connectivity index (χ1v) is 7.41. The van der Waals surface area contributed by atoms with E-state index in [1.54, 1.807) is 0 Å². The summed E-state index contributed by atoms with van der Waals surface area (Å²) in [4.78, 5) is 12.5. The lowest BCUT2D eigenvalue weighted by molar-refractivity contribution is 0.835. The Balaban J connectivity index is 2.00. The highest BCUT2D eigenvalue weighted by atomic mass is 16.1. The van der Waals surface area contributed by atoms with Crippen LogP contribution in [0.4, 0.5) is 11.4 Å². The van der Waals surface area contributed by atoms with Crippen LogP contribution in [0, 0.1) is 20.8 Å². The Labute approximate surface area is 134 Å². The predicted octanol–water partition coefficient (Wildman–Crippen LogP) is 4.51. The molecule has 0 aliphatic heterocycles. The van der Waals surface area contributed by atoms with Crippen molar-refractivity contribution >= 4 is 11.4 Å². The fourth-order valence-electron chi connectivity index (χ4n) is 2.53. The second-order valence-corrected chi connectivity index (χ2v) is 5.61. The highest BCUT2D eigenvalue weighted by Gasteiger charge is 2.11. The first kappa shape index (κ1) is 15.0. The van der Waals surface area contributed by atoms with Crippen molar-refractivity contribution in [1.29, 1.82) is 0 Å². The zero-order valence-corrected chi connectivity index (χ0v) is 13.4. The van der Waals surface area contributed by atoms with Gasteiger partial charge in [-0.2, -0.15) is 5.11 Å². The lowest BCUT2D eigenvalue weighted by Crippen LogP contribution is -2.13. The standard InChI is InChI=1S/C18H18N4O/c1-12-9-13(2)11-15(10-12)19-20-17-14(3)21-22(18(17)23)16-7-5-4-6-8-16/h4-11,21H,1-3H3. The first-order chi connectivity index (χ1) is 11.0. The van der Waals surface area contributed by atoms with Crippen molar-refractivity contribution in [2.45, 2.75) is 20.8 Å². The van der Waals surface area contributed by atoms with Crippen LogP contribution in [0.25, 0.3) is 5.69 Å². The van der Waals surface area contributed by atoms with E-state index in [1.807, 2.05) is 63.2 Å². The maximum absolute atomic E-state index is 12.5. The van der Waals surface area contributed by atoms with Crippen molar-refractivity contribution in [3.63, 3.8) is 0 Å². The SMILES string of the molecule is Cc1cc(C)cc(N=Nc2c(C)[nH]n(-c3ccccc3)c2=O)c1. The minimum Gasteiger partial charge on any atom is -0.293 e. The van der Waals surface area contributed by atoms with Crippen LogP contribution >= 0.6 is 0 Å². The number of aromatic nitrogens is 2. The molecule has 2 aromatic carbocycles. The number of nitrogens with zero attached hydrogens (tertiary/aromatic N) is 3. The molecule has 5 nitrogen and oxygen atoms in total. The zero-order chi connectivity index (χ0) is 16.4. The van der Waals surface area contributed by atoms with E-state index in [2.05, 4.69) is 21.4 Å². The molecule has 0 aliphatic carbocycles. The predicted molar refractivity (Wildman–Crippen MR) is 91.2 cm³/mol. The van der Waals surface area contributed by atoms with E-state index in [4.69, 9.17) is 0 Å². The minimum absolute atomic E-state index is 0.207. The van der Waals surface area contributed by atoms with Crippen molar-refractivity contribution in [3.8, 4) is 5.69 Å². The third-order valence-electron chi connectivity index (χ3n) is 3.53. The number of aromatic amines is 1. The second kappa shape index (κ2) is 6.04. The Kier molecular flexibility index (Phi) is 3.93. The molecule has 3 aromatic rings. The summed E-state index contributed by atoms with van der Waals surface area (Å²) < 4.78 is 1.48. The van der Waals surface area contributed by atoms with Crippen LogP contribution in [-0.2, 0) is 0 Å². The van der Waals surface area contributed by atoms with E-state index < -0.39 is 0 Å². The summed E-state index contributed by atoms with van der Waals surface area (Å²) in [7, 11) is 0. The Morgan fingerprint density at radius 3 is 2.22 bits per heavy atom. The van der Waals surface area contributed by atoms with Crippen molar-refractivity contribution < 1.29 is 0 Å². The van der Waals surface area contributed by atoms with Gasteiger partial charge in [-0.25, -0.2) is 4.68 Å². The molecular weight excluding hydrogens is 288 g/mol. The molecule has 3 rings (SSSR count). The maximum Gasteiger partial charge on any atom is 0.299 e. The molecule has 0 saturated heterocycles. The smallest absolute Gasteiger partial charge is 0.293 e. The van der Waals surface area contributed by atoms with E-state index in [9.17, 15) is 4.79 Å². The molecule has 1 N–H and O–H groups in total. The third kappa shape index (κ3) is 3.13. The lowest BCUT2D eigenvalue weighted by atomic mass is 10.1. The van der Waals surface area contributed by atoms with Crippen molar-refractivity contribution in [2.24, 2.45) is 10.2 Å². The molecule has 0 radical (unpaired) electrons. The number of nitrogens with one attached hydrogen (secondary N) is 1. The van der Waals surface area contributed by atoms with E-state index in [0.717, 1.165) is 22.5 Å². The van der Waals surface area contributed by atoms with Crippen LogP contribution in [0.1, 0.15) is 16.8 Å². The molecule has 116 valence electrons. The van der Waals surface area contributed by atoms with Gasteiger partial charge in [0.2, 0.25) is 0 Å². The fourth-order valence-corrected chi connectivity index (χ4v) is 2.53.